The summed E-state index contributed by atoms with van der Waals surface area (Å²) in [5, 5.41) is 8.74. The van der Waals surface area contributed by atoms with E-state index < -0.39 is 10.0 Å². The van der Waals surface area contributed by atoms with Gasteiger partial charge in [-0.05, 0) is 37.0 Å². The lowest BCUT2D eigenvalue weighted by atomic mass is 10.1. The van der Waals surface area contributed by atoms with Crippen LogP contribution in [-0.4, -0.2) is 37.5 Å². The number of hydrogen-bond acceptors (Lipinski definition) is 3. The number of sulfonamides is 1. The summed E-state index contributed by atoms with van der Waals surface area (Å²) in [5.74, 6) is 5.76. The van der Waals surface area contributed by atoms with Crippen molar-refractivity contribution >= 4 is 10.0 Å². The van der Waals surface area contributed by atoms with Crippen molar-refractivity contribution in [3.63, 3.8) is 0 Å². The predicted molar refractivity (Wildman–Crippen MR) is 82.3 cm³/mol. The molecule has 1 N–H and O–H groups in total. The van der Waals surface area contributed by atoms with Crippen LogP contribution < -0.4 is 0 Å². The molecule has 0 spiro atoms. The summed E-state index contributed by atoms with van der Waals surface area (Å²) in [5.41, 5.74) is 1.34. The lowest BCUT2D eigenvalue weighted by molar-refractivity contribution is 0.350. The highest BCUT2D eigenvalue weighted by Crippen LogP contribution is 2.28. The van der Waals surface area contributed by atoms with Crippen molar-refractivity contribution in [1.82, 2.24) is 4.31 Å². The van der Waals surface area contributed by atoms with Crippen LogP contribution in [0.4, 0.5) is 0 Å². The quantitative estimate of drug-likeness (QED) is 0.866. The van der Waals surface area contributed by atoms with Crippen molar-refractivity contribution in [2.75, 3.05) is 19.7 Å². The van der Waals surface area contributed by atoms with Crippen molar-refractivity contribution in [3.8, 4) is 11.8 Å². The van der Waals surface area contributed by atoms with Crippen LogP contribution in [0.15, 0.2) is 23.1 Å². The summed E-state index contributed by atoms with van der Waals surface area (Å²) < 4.78 is 27.1. The molecule has 0 bridgehead atoms. The molecule has 0 saturated carbocycles. The number of aryl methyl sites for hydroxylation is 1. The van der Waals surface area contributed by atoms with Gasteiger partial charge in [-0.1, -0.05) is 31.3 Å². The molecular weight excluding hydrogens is 286 g/mol. The van der Waals surface area contributed by atoms with Gasteiger partial charge in [0, 0.05) is 18.7 Å². The Morgan fingerprint density at radius 2 is 2.19 bits per heavy atom. The Hall–Kier alpha value is -1.35. The van der Waals surface area contributed by atoms with E-state index in [2.05, 4.69) is 18.8 Å². The fraction of sp³-hybridized carbons (Fsp3) is 0.500. The van der Waals surface area contributed by atoms with Crippen LogP contribution in [0.3, 0.4) is 0 Å². The Kier molecular flexibility index (Phi) is 5.04. The van der Waals surface area contributed by atoms with Crippen LogP contribution in [0.2, 0.25) is 0 Å². The van der Waals surface area contributed by atoms with Gasteiger partial charge in [-0.15, -0.1) is 0 Å². The highest BCUT2D eigenvalue weighted by Gasteiger charge is 2.32. The lowest BCUT2D eigenvalue weighted by Gasteiger charge is -2.18. The summed E-state index contributed by atoms with van der Waals surface area (Å²) in [6, 6.07) is 5.14. The topological polar surface area (TPSA) is 57.6 Å². The maximum Gasteiger partial charge on any atom is 0.243 e. The molecule has 21 heavy (non-hydrogen) atoms. The highest BCUT2D eigenvalue weighted by molar-refractivity contribution is 7.89. The summed E-state index contributed by atoms with van der Waals surface area (Å²) in [4.78, 5) is 0.323. The Morgan fingerprint density at radius 1 is 1.43 bits per heavy atom. The predicted octanol–water partition coefficient (Wildman–Crippen LogP) is 1.76. The van der Waals surface area contributed by atoms with Crippen molar-refractivity contribution in [2.24, 2.45) is 5.92 Å². The number of rotatable bonds is 3. The van der Waals surface area contributed by atoms with Crippen LogP contribution in [0.5, 0.6) is 0 Å². The monoisotopic (exact) mass is 307 g/mol. The van der Waals surface area contributed by atoms with Gasteiger partial charge in [-0.2, -0.15) is 4.31 Å². The molecule has 4 nitrogen and oxygen atoms in total. The highest BCUT2D eigenvalue weighted by atomic mass is 32.2. The van der Waals surface area contributed by atoms with E-state index in [4.69, 9.17) is 5.11 Å². The maximum atomic E-state index is 12.8. The first-order valence-electron chi connectivity index (χ1n) is 7.19. The van der Waals surface area contributed by atoms with Gasteiger partial charge in [0.25, 0.3) is 0 Å². The van der Waals surface area contributed by atoms with E-state index in [-0.39, 0.29) is 6.61 Å². The first-order valence-corrected chi connectivity index (χ1v) is 8.63. The maximum absolute atomic E-state index is 12.8. The average Bonchev–Trinajstić information content (AvgIpc) is 2.96. The Balaban J connectivity index is 2.35. The van der Waals surface area contributed by atoms with Gasteiger partial charge in [0.2, 0.25) is 10.0 Å². The Morgan fingerprint density at radius 3 is 2.81 bits per heavy atom. The minimum Gasteiger partial charge on any atom is -0.384 e. The molecule has 0 aromatic heterocycles. The Bertz CT molecular complexity index is 670. The molecule has 2 rings (SSSR count). The van der Waals surface area contributed by atoms with E-state index in [1.165, 1.54) is 0 Å². The van der Waals surface area contributed by atoms with Gasteiger partial charge < -0.3 is 5.11 Å². The summed E-state index contributed by atoms with van der Waals surface area (Å²) >= 11 is 0. The van der Waals surface area contributed by atoms with Crippen LogP contribution in [0.1, 0.15) is 30.9 Å². The SMILES string of the molecule is CCC1CCN(S(=O)(=O)c2cc(C#CCO)ccc2C)C1. The lowest BCUT2D eigenvalue weighted by Crippen LogP contribution is -2.29. The molecule has 0 aliphatic carbocycles. The zero-order chi connectivity index (χ0) is 15.5. The molecule has 1 fully saturated rings. The van der Waals surface area contributed by atoms with Crippen LogP contribution in [-0.2, 0) is 10.0 Å². The van der Waals surface area contributed by atoms with Crippen LogP contribution in [0, 0.1) is 24.7 Å². The third kappa shape index (κ3) is 3.46. The van der Waals surface area contributed by atoms with Crippen molar-refractivity contribution in [3.05, 3.63) is 29.3 Å². The smallest absolute Gasteiger partial charge is 0.243 e. The fourth-order valence-electron chi connectivity index (χ4n) is 2.59. The van der Waals surface area contributed by atoms with Gasteiger partial charge in [0.15, 0.2) is 0 Å². The average molecular weight is 307 g/mol. The number of aliphatic hydroxyl groups is 1. The van der Waals surface area contributed by atoms with E-state index in [1.807, 2.05) is 0 Å². The molecule has 0 amide bonds. The minimum absolute atomic E-state index is 0.236. The number of hydrogen-bond donors (Lipinski definition) is 1. The Labute approximate surface area is 126 Å². The molecule has 0 radical (unpaired) electrons. The minimum atomic E-state index is -3.46. The first kappa shape index (κ1) is 16.0. The van der Waals surface area contributed by atoms with Crippen molar-refractivity contribution in [1.29, 1.82) is 0 Å². The second-order valence-electron chi connectivity index (χ2n) is 5.37. The molecule has 1 unspecified atom stereocenters. The zero-order valence-electron chi connectivity index (χ0n) is 12.5. The first-order chi connectivity index (χ1) is 9.98. The molecular formula is C16H21NO3S. The molecule has 1 atom stereocenters. The van der Waals surface area contributed by atoms with Gasteiger partial charge in [-0.3, -0.25) is 0 Å². The van der Waals surface area contributed by atoms with E-state index in [0.29, 0.717) is 29.5 Å². The molecule has 1 saturated heterocycles. The van der Waals surface area contributed by atoms with Gasteiger partial charge in [-0.25, -0.2) is 8.42 Å². The van der Waals surface area contributed by atoms with Crippen molar-refractivity contribution < 1.29 is 13.5 Å². The largest absolute Gasteiger partial charge is 0.384 e. The molecule has 1 aromatic carbocycles. The van der Waals surface area contributed by atoms with Crippen LogP contribution >= 0.6 is 0 Å². The second kappa shape index (κ2) is 6.61. The number of nitrogens with zero attached hydrogens (tertiary/aromatic N) is 1. The zero-order valence-corrected chi connectivity index (χ0v) is 13.3. The van der Waals surface area contributed by atoms with E-state index in [9.17, 15) is 8.42 Å². The molecule has 5 heteroatoms. The molecule has 1 aliphatic heterocycles. The third-order valence-electron chi connectivity index (χ3n) is 3.94. The van der Waals surface area contributed by atoms with E-state index >= 15 is 0 Å². The fourth-order valence-corrected chi connectivity index (χ4v) is 4.37. The van der Waals surface area contributed by atoms with Gasteiger partial charge >= 0.3 is 0 Å². The van der Waals surface area contributed by atoms with E-state index in [1.54, 1.807) is 29.4 Å². The van der Waals surface area contributed by atoms with Crippen LogP contribution in [0.25, 0.3) is 0 Å². The number of aliphatic hydroxyl groups excluding tert-OH is 1. The van der Waals surface area contributed by atoms with E-state index in [0.717, 1.165) is 18.4 Å². The molecule has 1 aliphatic rings. The standard InChI is InChI=1S/C16H21NO3S/c1-3-14-8-9-17(12-14)21(19,20)16-11-15(5-4-10-18)7-6-13(16)2/h6-7,11,14,18H,3,8-10,12H2,1-2H3. The van der Waals surface area contributed by atoms with Gasteiger partial charge in [0.1, 0.15) is 6.61 Å². The third-order valence-corrected chi connectivity index (χ3v) is 5.95. The summed E-state index contributed by atoms with van der Waals surface area (Å²) in [7, 11) is -3.46. The molecule has 1 aromatic rings. The van der Waals surface area contributed by atoms with Crippen molar-refractivity contribution in [2.45, 2.75) is 31.6 Å². The molecule has 1 heterocycles. The summed E-state index contributed by atoms with van der Waals surface area (Å²) in [6.07, 6.45) is 1.94. The second-order valence-corrected chi connectivity index (χ2v) is 7.27. The van der Waals surface area contributed by atoms with Gasteiger partial charge in [0.05, 0.1) is 4.90 Å². The normalized spacial score (nSPS) is 19.3. The number of benzene rings is 1. The summed E-state index contributed by atoms with van der Waals surface area (Å²) in [6.45, 7) is 4.85. The molecule has 114 valence electrons.